The minimum Gasteiger partial charge on any atom is -0.479 e. The maximum atomic E-state index is 13.1. The molecule has 0 saturated heterocycles. The molecule has 0 aliphatic heterocycles. The van der Waals surface area contributed by atoms with Gasteiger partial charge < -0.3 is 10.4 Å². The van der Waals surface area contributed by atoms with E-state index in [0.717, 1.165) is 19.4 Å². The van der Waals surface area contributed by atoms with E-state index in [9.17, 15) is 23.1 Å². The van der Waals surface area contributed by atoms with Gasteiger partial charge in [-0.15, -0.1) is 0 Å². The second kappa shape index (κ2) is 9.58. The van der Waals surface area contributed by atoms with Crippen molar-refractivity contribution in [2.75, 3.05) is 0 Å². The molecular weight excluding hydrogens is 469 g/mol. The molecule has 0 aliphatic carbocycles. The summed E-state index contributed by atoms with van der Waals surface area (Å²) in [6.45, 7) is 5.57. The average molecular weight is 493 g/mol. The number of nitrogens with one attached hydrogen (secondary N) is 1. The Labute approximate surface area is 200 Å². The molecule has 0 saturated carbocycles. The predicted octanol–water partition coefficient (Wildman–Crippen LogP) is 5.89. The highest BCUT2D eigenvalue weighted by molar-refractivity contribution is 6.33. The Morgan fingerprint density at radius 1 is 1.06 bits per heavy atom. The van der Waals surface area contributed by atoms with Gasteiger partial charge in [-0.05, 0) is 49.1 Å². The molecule has 0 fully saturated rings. The zero-order valence-corrected chi connectivity index (χ0v) is 19.8. The Balaban J connectivity index is 1.92. The standard InChI is InChI=1S/C24H24ClF3N4O2/c1-13(2)15-6-5-7-16(11-15)19-30-20(32-22(34)31-19)17-10-14(8-9-18(17)25)12-29-21(33)23(3,4)24(26,27)28/h5-11,13H,12H2,1-4H3,(H,29,33)(H,30,31,32,34). The van der Waals surface area contributed by atoms with E-state index in [4.69, 9.17) is 11.6 Å². The van der Waals surface area contributed by atoms with Gasteiger partial charge in [0.25, 0.3) is 0 Å². The van der Waals surface area contributed by atoms with Crippen molar-refractivity contribution in [2.24, 2.45) is 5.41 Å². The third-order valence-electron chi connectivity index (χ3n) is 5.44. The molecular formula is C24H24ClF3N4O2. The molecule has 2 N–H and O–H groups in total. The van der Waals surface area contributed by atoms with Crippen LogP contribution in [0.5, 0.6) is 6.01 Å². The Kier molecular flexibility index (Phi) is 7.16. The van der Waals surface area contributed by atoms with Gasteiger partial charge in [-0.1, -0.05) is 49.7 Å². The van der Waals surface area contributed by atoms with Crippen molar-refractivity contribution in [1.82, 2.24) is 20.3 Å². The van der Waals surface area contributed by atoms with E-state index < -0.39 is 23.5 Å². The van der Waals surface area contributed by atoms with Crippen LogP contribution < -0.4 is 5.32 Å². The molecule has 3 rings (SSSR count). The van der Waals surface area contributed by atoms with Gasteiger partial charge in [0.2, 0.25) is 5.91 Å². The van der Waals surface area contributed by atoms with Crippen LogP contribution in [0, 0.1) is 5.41 Å². The normalized spacial score (nSPS) is 12.1. The molecule has 180 valence electrons. The van der Waals surface area contributed by atoms with Crippen LogP contribution >= 0.6 is 11.6 Å². The third-order valence-corrected chi connectivity index (χ3v) is 5.77. The number of amides is 1. The van der Waals surface area contributed by atoms with E-state index in [-0.39, 0.29) is 29.1 Å². The summed E-state index contributed by atoms with van der Waals surface area (Å²) in [6, 6.07) is 11.7. The highest BCUT2D eigenvalue weighted by atomic mass is 35.5. The second-order valence-electron chi connectivity index (χ2n) is 8.68. The molecule has 10 heteroatoms. The van der Waals surface area contributed by atoms with E-state index in [1.807, 2.05) is 18.2 Å². The van der Waals surface area contributed by atoms with E-state index in [2.05, 4.69) is 34.1 Å². The van der Waals surface area contributed by atoms with Crippen LogP contribution in [0.2, 0.25) is 5.02 Å². The van der Waals surface area contributed by atoms with E-state index in [1.165, 1.54) is 6.07 Å². The zero-order valence-electron chi connectivity index (χ0n) is 19.0. The van der Waals surface area contributed by atoms with Crippen LogP contribution in [0.4, 0.5) is 13.2 Å². The van der Waals surface area contributed by atoms with Crippen LogP contribution in [0.15, 0.2) is 42.5 Å². The first-order valence-corrected chi connectivity index (χ1v) is 10.9. The maximum absolute atomic E-state index is 13.1. The lowest BCUT2D eigenvalue weighted by Crippen LogP contribution is -2.46. The van der Waals surface area contributed by atoms with E-state index in [0.29, 0.717) is 16.7 Å². The Hall–Kier alpha value is -3.20. The van der Waals surface area contributed by atoms with E-state index in [1.54, 1.807) is 18.2 Å². The molecule has 0 unspecified atom stereocenters. The number of aromatic nitrogens is 3. The molecule has 0 bridgehead atoms. The number of benzene rings is 2. The minimum absolute atomic E-state index is 0.0891. The monoisotopic (exact) mass is 492 g/mol. The van der Waals surface area contributed by atoms with Crippen molar-refractivity contribution in [3.8, 4) is 28.8 Å². The van der Waals surface area contributed by atoms with Gasteiger partial charge in [0.1, 0.15) is 5.41 Å². The third kappa shape index (κ3) is 5.47. The highest BCUT2D eigenvalue weighted by Crippen LogP contribution is 2.37. The second-order valence-corrected chi connectivity index (χ2v) is 9.09. The molecule has 1 aromatic heterocycles. The van der Waals surface area contributed by atoms with Crippen LogP contribution in [0.3, 0.4) is 0 Å². The number of halogens is 4. The van der Waals surface area contributed by atoms with E-state index >= 15 is 0 Å². The van der Waals surface area contributed by atoms with Gasteiger partial charge in [-0.2, -0.15) is 23.1 Å². The van der Waals surface area contributed by atoms with Gasteiger partial charge in [0.15, 0.2) is 11.6 Å². The number of aromatic hydroxyl groups is 1. The van der Waals surface area contributed by atoms with Crippen molar-refractivity contribution in [3.05, 3.63) is 58.6 Å². The summed E-state index contributed by atoms with van der Waals surface area (Å²) in [5.41, 5.74) is 0.0221. The first-order valence-electron chi connectivity index (χ1n) is 10.5. The molecule has 0 spiro atoms. The van der Waals surface area contributed by atoms with Crippen molar-refractivity contribution < 1.29 is 23.1 Å². The Morgan fingerprint density at radius 2 is 1.74 bits per heavy atom. The number of carbonyl (C=O) groups excluding carboxylic acids is 1. The fourth-order valence-corrected chi connectivity index (χ4v) is 3.24. The van der Waals surface area contributed by atoms with Gasteiger partial charge in [-0.3, -0.25) is 4.79 Å². The highest BCUT2D eigenvalue weighted by Gasteiger charge is 2.52. The van der Waals surface area contributed by atoms with Crippen LogP contribution in [0.1, 0.15) is 44.7 Å². The van der Waals surface area contributed by atoms with Crippen LogP contribution in [0.25, 0.3) is 22.8 Å². The average Bonchev–Trinajstić information content (AvgIpc) is 2.77. The lowest BCUT2D eigenvalue weighted by atomic mass is 9.91. The summed E-state index contributed by atoms with van der Waals surface area (Å²) >= 11 is 6.33. The number of alkyl halides is 3. The zero-order chi connectivity index (χ0) is 25.3. The molecule has 34 heavy (non-hydrogen) atoms. The molecule has 3 aromatic rings. The Morgan fingerprint density at radius 3 is 2.38 bits per heavy atom. The largest absolute Gasteiger partial charge is 0.479 e. The lowest BCUT2D eigenvalue weighted by molar-refractivity contribution is -0.211. The SMILES string of the molecule is CC(C)c1cccc(-c2nc(O)nc(-c3cc(CNC(=O)C(C)(C)C(F)(F)F)ccc3Cl)n2)c1. The van der Waals surface area contributed by atoms with Crippen molar-refractivity contribution in [2.45, 2.75) is 46.3 Å². The molecule has 0 atom stereocenters. The van der Waals surface area contributed by atoms with Crippen molar-refractivity contribution in [3.63, 3.8) is 0 Å². The topological polar surface area (TPSA) is 88.0 Å². The molecule has 2 aromatic carbocycles. The van der Waals surface area contributed by atoms with Gasteiger partial charge in [-0.25, -0.2) is 4.98 Å². The Bertz CT molecular complexity index is 1210. The maximum Gasteiger partial charge on any atom is 0.402 e. The van der Waals surface area contributed by atoms with Gasteiger partial charge in [0.05, 0.1) is 5.02 Å². The molecule has 6 nitrogen and oxygen atoms in total. The molecule has 1 heterocycles. The number of nitrogens with zero attached hydrogens (tertiary/aromatic N) is 3. The molecule has 1 amide bonds. The summed E-state index contributed by atoms with van der Waals surface area (Å²) in [4.78, 5) is 24.5. The summed E-state index contributed by atoms with van der Waals surface area (Å²) < 4.78 is 39.3. The predicted molar refractivity (Wildman–Crippen MR) is 123 cm³/mol. The number of hydrogen-bond donors (Lipinski definition) is 2. The lowest BCUT2D eigenvalue weighted by Gasteiger charge is -2.26. The molecule has 0 radical (unpaired) electrons. The minimum atomic E-state index is -4.69. The first kappa shape index (κ1) is 25.4. The van der Waals surface area contributed by atoms with Crippen molar-refractivity contribution in [1.29, 1.82) is 0 Å². The number of hydrogen-bond acceptors (Lipinski definition) is 5. The number of carbonyl (C=O) groups is 1. The van der Waals surface area contributed by atoms with Crippen molar-refractivity contribution >= 4 is 17.5 Å². The van der Waals surface area contributed by atoms with Gasteiger partial charge >= 0.3 is 12.2 Å². The fraction of sp³-hybridized carbons (Fsp3) is 0.333. The van der Waals surface area contributed by atoms with Crippen LogP contribution in [-0.2, 0) is 11.3 Å². The first-order chi connectivity index (χ1) is 15.8. The summed E-state index contributed by atoms with van der Waals surface area (Å²) in [6.07, 6.45) is -4.69. The summed E-state index contributed by atoms with van der Waals surface area (Å²) in [5, 5.41) is 12.7. The van der Waals surface area contributed by atoms with Gasteiger partial charge in [0, 0.05) is 17.7 Å². The fourth-order valence-electron chi connectivity index (χ4n) is 3.04. The number of rotatable bonds is 6. The summed E-state index contributed by atoms with van der Waals surface area (Å²) in [7, 11) is 0. The summed E-state index contributed by atoms with van der Waals surface area (Å²) in [5.74, 6) is -0.543. The van der Waals surface area contributed by atoms with Crippen LogP contribution in [-0.4, -0.2) is 32.1 Å². The smallest absolute Gasteiger partial charge is 0.402 e. The quantitative estimate of drug-likeness (QED) is 0.447. The molecule has 0 aliphatic rings.